The maximum Gasteiger partial charge on any atom is 0.251 e. The van der Waals surface area contributed by atoms with Crippen molar-refractivity contribution in [2.24, 2.45) is 22.1 Å². The molecule has 2 aromatic carbocycles. The monoisotopic (exact) mass is 532 g/mol. The molecule has 0 saturated heterocycles. The van der Waals surface area contributed by atoms with Crippen LogP contribution in [0.3, 0.4) is 0 Å². The van der Waals surface area contributed by atoms with Crippen molar-refractivity contribution >= 4 is 17.8 Å². The van der Waals surface area contributed by atoms with Gasteiger partial charge in [0, 0.05) is 18.2 Å². The molecule has 0 saturated carbocycles. The van der Waals surface area contributed by atoms with Crippen molar-refractivity contribution in [2.45, 2.75) is 71.0 Å². The molecule has 5 rings (SSSR count). The molecule has 0 radical (unpaired) electrons. The van der Waals surface area contributed by atoms with Gasteiger partial charge in [0.2, 0.25) is 5.91 Å². The van der Waals surface area contributed by atoms with Crippen molar-refractivity contribution < 1.29 is 19.1 Å². The fourth-order valence-electron chi connectivity index (χ4n) is 6.64. The summed E-state index contributed by atoms with van der Waals surface area (Å²) in [5.41, 5.74) is 9.16. The normalized spacial score (nSPS) is 27.3. The van der Waals surface area contributed by atoms with Crippen LogP contribution in [0.1, 0.15) is 86.1 Å². The van der Waals surface area contributed by atoms with Crippen molar-refractivity contribution in [3.63, 3.8) is 0 Å². The van der Waals surface area contributed by atoms with Crippen molar-refractivity contribution in [3.8, 4) is 5.75 Å². The number of methoxy groups -OCH3 is 1. The Bertz CT molecular complexity index is 1300. The highest BCUT2D eigenvalue weighted by Gasteiger charge is 2.50. The van der Waals surface area contributed by atoms with Crippen LogP contribution in [0.2, 0.25) is 0 Å². The fourth-order valence-corrected chi connectivity index (χ4v) is 6.64. The van der Waals surface area contributed by atoms with Crippen LogP contribution in [0, 0.1) is 11.3 Å². The molecule has 0 aromatic heterocycles. The van der Waals surface area contributed by atoms with Crippen molar-refractivity contribution in [1.29, 1.82) is 0 Å². The summed E-state index contributed by atoms with van der Waals surface area (Å²) in [7, 11) is 1.64. The first-order valence-corrected chi connectivity index (χ1v) is 14.0. The van der Waals surface area contributed by atoms with E-state index in [1.807, 2.05) is 45.0 Å². The zero-order valence-electron chi connectivity index (χ0n) is 23.6. The number of ether oxygens (including phenoxy) is 2. The molecule has 1 aliphatic carbocycles. The molecule has 0 spiro atoms. The van der Waals surface area contributed by atoms with Crippen molar-refractivity contribution in [1.82, 2.24) is 10.2 Å². The lowest BCUT2D eigenvalue weighted by Gasteiger charge is -2.49. The summed E-state index contributed by atoms with van der Waals surface area (Å²) in [6, 6.07) is 13.2. The highest BCUT2D eigenvalue weighted by molar-refractivity contribution is 6.00. The standard InChI is InChI=1S/C31H40N4O4/c1-6-31(7-2)16-25(36)35(29(32)34-31)27-23-15-21(12-13-24(23)39-18-30(27,4)17-38-5)28(37)33-26-19(3)14-20-10-8-9-11-22(20)26/h8-13,15,19,26-27H,6-7,14,16-18H2,1-5H3,(H2,32,34)(H,33,37)/t19-,26+,27?,30?/m1/s1. The Kier molecular flexibility index (Phi) is 7.18. The summed E-state index contributed by atoms with van der Waals surface area (Å²) < 4.78 is 11.8. The van der Waals surface area contributed by atoms with Gasteiger partial charge in [-0.05, 0) is 54.5 Å². The topological polar surface area (TPSA) is 106 Å². The Morgan fingerprint density at radius 1 is 1.21 bits per heavy atom. The van der Waals surface area contributed by atoms with Crippen LogP contribution in [0.25, 0.3) is 0 Å². The smallest absolute Gasteiger partial charge is 0.251 e. The minimum atomic E-state index is -0.607. The maximum absolute atomic E-state index is 13.7. The number of nitrogens with zero attached hydrogens (tertiary/aromatic N) is 2. The molecule has 39 heavy (non-hydrogen) atoms. The minimum absolute atomic E-state index is 0.0572. The molecule has 3 N–H and O–H groups in total. The number of rotatable bonds is 7. The van der Waals surface area contributed by atoms with Crippen LogP contribution in [-0.4, -0.2) is 48.5 Å². The van der Waals surface area contributed by atoms with E-state index in [0.717, 1.165) is 24.8 Å². The van der Waals surface area contributed by atoms with Crippen LogP contribution < -0.4 is 15.8 Å². The number of benzene rings is 2. The summed E-state index contributed by atoms with van der Waals surface area (Å²) in [4.78, 5) is 33.8. The van der Waals surface area contributed by atoms with E-state index < -0.39 is 17.0 Å². The molecule has 2 heterocycles. The average molecular weight is 533 g/mol. The number of nitrogens with one attached hydrogen (secondary N) is 1. The predicted molar refractivity (Wildman–Crippen MR) is 151 cm³/mol. The number of fused-ring (bicyclic) bond motifs is 2. The van der Waals surface area contributed by atoms with Gasteiger partial charge in [0.25, 0.3) is 5.91 Å². The SMILES string of the molecule is CCC1(CC)CC(=O)N(C2c3cc(C(=O)N[C@@H]4c5ccccc5C[C@H]4C)ccc3OCC2(C)COC)C(N)=N1. The third kappa shape index (κ3) is 4.69. The van der Waals surface area contributed by atoms with Crippen LogP contribution >= 0.6 is 0 Å². The third-order valence-electron chi connectivity index (χ3n) is 8.97. The van der Waals surface area contributed by atoms with Crippen LogP contribution in [-0.2, 0) is 16.0 Å². The molecule has 8 heteroatoms. The van der Waals surface area contributed by atoms with E-state index in [-0.39, 0.29) is 30.2 Å². The van der Waals surface area contributed by atoms with Crippen molar-refractivity contribution in [2.75, 3.05) is 20.3 Å². The second-order valence-corrected chi connectivity index (χ2v) is 11.7. The van der Waals surface area contributed by atoms with Gasteiger partial charge >= 0.3 is 0 Å². The Morgan fingerprint density at radius 2 is 1.95 bits per heavy atom. The molecule has 3 aliphatic rings. The van der Waals surface area contributed by atoms with E-state index in [1.54, 1.807) is 18.1 Å². The van der Waals surface area contributed by atoms with Gasteiger partial charge in [-0.15, -0.1) is 0 Å². The molecule has 2 aromatic rings. The predicted octanol–water partition coefficient (Wildman–Crippen LogP) is 4.54. The first-order chi connectivity index (χ1) is 18.6. The van der Waals surface area contributed by atoms with Gasteiger partial charge in [-0.25, -0.2) is 4.99 Å². The van der Waals surface area contributed by atoms with E-state index in [4.69, 9.17) is 20.2 Å². The number of nitrogens with two attached hydrogens (primary N) is 1. The fraction of sp³-hybridized carbons (Fsp3) is 0.516. The second kappa shape index (κ2) is 10.3. The number of amides is 2. The zero-order valence-corrected chi connectivity index (χ0v) is 23.6. The summed E-state index contributed by atoms with van der Waals surface area (Å²) in [5.74, 6) is 0.906. The second-order valence-electron chi connectivity index (χ2n) is 11.7. The molecular weight excluding hydrogens is 492 g/mol. The first-order valence-electron chi connectivity index (χ1n) is 14.0. The Morgan fingerprint density at radius 3 is 2.64 bits per heavy atom. The maximum atomic E-state index is 13.7. The van der Waals surface area contributed by atoms with Gasteiger partial charge < -0.3 is 20.5 Å². The quantitative estimate of drug-likeness (QED) is 0.545. The van der Waals surface area contributed by atoms with E-state index in [9.17, 15) is 9.59 Å². The Labute approximate surface area is 230 Å². The summed E-state index contributed by atoms with van der Waals surface area (Å²) in [6.45, 7) is 8.94. The molecule has 0 fully saturated rings. The zero-order chi connectivity index (χ0) is 27.9. The summed E-state index contributed by atoms with van der Waals surface area (Å²) in [6.07, 6.45) is 2.69. The number of carbonyl (C=O) groups is 2. The van der Waals surface area contributed by atoms with E-state index >= 15 is 0 Å². The largest absolute Gasteiger partial charge is 0.492 e. The van der Waals surface area contributed by atoms with Gasteiger partial charge in [-0.1, -0.05) is 52.0 Å². The molecular formula is C31H40N4O4. The number of guanidine groups is 1. The lowest BCUT2D eigenvalue weighted by atomic mass is 9.75. The van der Waals surface area contributed by atoms with Crippen molar-refractivity contribution in [3.05, 3.63) is 64.7 Å². The highest BCUT2D eigenvalue weighted by atomic mass is 16.5. The van der Waals surface area contributed by atoms with E-state index in [0.29, 0.717) is 30.4 Å². The van der Waals surface area contributed by atoms with E-state index in [1.165, 1.54) is 11.1 Å². The van der Waals surface area contributed by atoms with Gasteiger partial charge in [0.05, 0.1) is 42.7 Å². The van der Waals surface area contributed by atoms with Gasteiger partial charge in [-0.2, -0.15) is 0 Å². The van der Waals surface area contributed by atoms with Gasteiger partial charge in [0.1, 0.15) is 5.75 Å². The number of carbonyl (C=O) groups excluding carboxylic acids is 2. The van der Waals surface area contributed by atoms with Gasteiger partial charge in [0.15, 0.2) is 5.96 Å². The molecule has 0 bridgehead atoms. The molecule has 4 atom stereocenters. The summed E-state index contributed by atoms with van der Waals surface area (Å²) in [5, 5.41) is 3.26. The lowest BCUT2D eigenvalue weighted by Crippen LogP contribution is -2.58. The minimum Gasteiger partial charge on any atom is -0.492 e. The van der Waals surface area contributed by atoms with E-state index in [2.05, 4.69) is 24.4 Å². The molecule has 8 nitrogen and oxygen atoms in total. The number of hydrogen-bond acceptors (Lipinski definition) is 6. The van der Waals surface area contributed by atoms with Gasteiger partial charge in [-0.3, -0.25) is 14.5 Å². The summed E-state index contributed by atoms with van der Waals surface area (Å²) >= 11 is 0. The Hall–Kier alpha value is -3.39. The molecule has 2 amide bonds. The van der Waals surface area contributed by atoms with Crippen LogP contribution in [0.4, 0.5) is 0 Å². The highest BCUT2D eigenvalue weighted by Crippen LogP contribution is 2.49. The lowest BCUT2D eigenvalue weighted by molar-refractivity contribution is -0.136. The van der Waals surface area contributed by atoms with Crippen LogP contribution in [0.15, 0.2) is 47.5 Å². The molecule has 208 valence electrons. The molecule has 2 unspecified atom stereocenters. The van der Waals surface area contributed by atoms with Crippen LogP contribution in [0.5, 0.6) is 5.75 Å². The number of hydrogen-bond donors (Lipinski definition) is 2. The Balaban J connectivity index is 1.53. The average Bonchev–Trinajstić information content (AvgIpc) is 3.23. The first kappa shape index (κ1) is 27.2. The number of aliphatic imine (C=N–C) groups is 1. The molecule has 2 aliphatic heterocycles. The third-order valence-corrected chi connectivity index (χ3v) is 8.97.